The van der Waals surface area contributed by atoms with Crippen molar-refractivity contribution >= 4 is 28.9 Å². The highest BCUT2D eigenvalue weighted by atomic mass is 32.2. The van der Waals surface area contributed by atoms with Gasteiger partial charge in [-0.05, 0) is 55.4 Å². The van der Waals surface area contributed by atoms with Gasteiger partial charge in [-0.1, -0.05) is 25.7 Å². The fourth-order valence-electron chi connectivity index (χ4n) is 3.82. The average Bonchev–Trinajstić information content (AvgIpc) is 3.18. The molecule has 8 nitrogen and oxygen atoms in total. The average molecular weight is 540 g/mol. The summed E-state index contributed by atoms with van der Waals surface area (Å²) in [5.74, 6) is 1.55. The molecule has 4 rings (SSSR count). The summed E-state index contributed by atoms with van der Waals surface area (Å²) < 4.78 is 37.7. The quantitative estimate of drug-likeness (QED) is 0.205. The Bertz CT molecular complexity index is 1480. The lowest BCUT2D eigenvalue weighted by Gasteiger charge is -2.17. The Kier molecular flexibility index (Phi) is 7.84. The lowest BCUT2D eigenvalue weighted by molar-refractivity contribution is 0.0908. The van der Waals surface area contributed by atoms with E-state index >= 15 is 0 Å². The van der Waals surface area contributed by atoms with Crippen LogP contribution in [0.25, 0.3) is 22.6 Å². The molecule has 1 unspecified atom stereocenters. The van der Waals surface area contributed by atoms with Gasteiger partial charge in [-0.15, -0.1) is 0 Å². The Morgan fingerprint density at radius 3 is 2.41 bits per heavy atom. The van der Waals surface area contributed by atoms with Gasteiger partial charge in [0.15, 0.2) is 15.7 Å². The summed E-state index contributed by atoms with van der Waals surface area (Å²) in [7, 11) is -4.55. The number of sulfone groups is 1. The van der Waals surface area contributed by atoms with Crippen LogP contribution < -0.4 is 4.74 Å². The van der Waals surface area contributed by atoms with Crippen LogP contribution >= 0.6 is 0 Å². The number of aromatic nitrogens is 3. The molecule has 0 bridgehead atoms. The van der Waals surface area contributed by atoms with Gasteiger partial charge in [0.2, 0.25) is 0 Å². The highest BCUT2D eigenvalue weighted by Gasteiger charge is 2.20. The molecule has 0 fully saturated rings. The number of pyridine rings is 1. The number of nitrogens with zero attached hydrogens (tertiary/aromatic N) is 3. The van der Waals surface area contributed by atoms with Crippen molar-refractivity contribution in [1.29, 1.82) is 0 Å². The summed E-state index contributed by atoms with van der Waals surface area (Å²) in [4.78, 5) is 9.54. The molecule has 10 heteroatoms. The second-order valence-electron chi connectivity index (χ2n) is 10.3. The van der Waals surface area contributed by atoms with Crippen molar-refractivity contribution in [3.8, 4) is 23.0 Å². The highest BCUT2D eigenvalue weighted by Crippen LogP contribution is 2.35. The fourth-order valence-corrected chi connectivity index (χ4v) is 5.21. The maximum absolute atomic E-state index is 11.8. The number of rotatable bonds is 10. The summed E-state index contributed by atoms with van der Waals surface area (Å²) in [5.41, 5.74) is 2.76. The zero-order chi connectivity index (χ0) is 26.8. The van der Waals surface area contributed by atoms with Crippen molar-refractivity contribution in [1.82, 2.24) is 14.5 Å². The Morgan fingerprint density at radius 2 is 1.81 bits per heavy atom. The topological polar surface area (TPSA) is 104 Å². The first kappa shape index (κ1) is 27.0. The number of ether oxygens (including phenoxy) is 2. The Hall–Kier alpha value is -3.05. The molecule has 0 aliphatic rings. The SMILES string of the molecule is CC(O)c1cc2c(cc1Oc1ccc(S(C)(=O)=O)cc1)nc(-c1ccccn1)n2COCC[Si](C)(C)C. The smallest absolute Gasteiger partial charge is 0.175 e. The van der Waals surface area contributed by atoms with Crippen LogP contribution in [0.2, 0.25) is 25.7 Å². The van der Waals surface area contributed by atoms with Crippen LogP contribution in [0, 0.1) is 0 Å². The first-order valence-corrected chi connectivity index (χ1v) is 17.7. The van der Waals surface area contributed by atoms with E-state index in [4.69, 9.17) is 14.5 Å². The minimum Gasteiger partial charge on any atom is -0.457 e. The maximum atomic E-state index is 11.8. The van der Waals surface area contributed by atoms with Gasteiger partial charge in [0.25, 0.3) is 0 Å². The molecule has 2 aromatic heterocycles. The number of hydrogen-bond donors (Lipinski definition) is 1. The minimum atomic E-state index is -3.31. The third kappa shape index (κ3) is 6.64. The van der Waals surface area contributed by atoms with Crippen LogP contribution in [0.3, 0.4) is 0 Å². The molecule has 0 aliphatic heterocycles. The van der Waals surface area contributed by atoms with E-state index in [0.717, 1.165) is 17.8 Å². The molecule has 0 saturated heterocycles. The second kappa shape index (κ2) is 10.7. The van der Waals surface area contributed by atoms with E-state index in [1.54, 1.807) is 31.3 Å². The molecular weight excluding hydrogens is 506 g/mol. The number of aliphatic hydroxyl groups excluding tert-OH is 1. The summed E-state index contributed by atoms with van der Waals surface area (Å²) in [5, 5.41) is 10.6. The number of fused-ring (bicyclic) bond motifs is 1. The van der Waals surface area contributed by atoms with Gasteiger partial charge >= 0.3 is 0 Å². The van der Waals surface area contributed by atoms with E-state index in [0.29, 0.717) is 47.4 Å². The fraction of sp³-hybridized carbons (Fsp3) is 0.333. The zero-order valence-electron chi connectivity index (χ0n) is 21.8. The maximum Gasteiger partial charge on any atom is 0.175 e. The Balaban J connectivity index is 1.74. The number of aliphatic hydroxyl groups is 1. The van der Waals surface area contributed by atoms with Gasteiger partial charge in [0.05, 0.1) is 22.0 Å². The molecule has 2 heterocycles. The monoisotopic (exact) mass is 539 g/mol. The van der Waals surface area contributed by atoms with Crippen LogP contribution in [-0.2, 0) is 21.3 Å². The van der Waals surface area contributed by atoms with E-state index in [-0.39, 0.29) is 4.90 Å². The van der Waals surface area contributed by atoms with Gasteiger partial charge in [0, 0.05) is 38.8 Å². The summed E-state index contributed by atoms with van der Waals surface area (Å²) in [6.45, 7) is 9.57. The van der Waals surface area contributed by atoms with Crippen molar-refractivity contribution in [3.05, 3.63) is 66.4 Å². The van der Waals surface area contributed by atoms with Crippen LogP contribution in [0.15, 0.2) is 65.7 Å². The van der Waals surface area contributed by atoms with Crippen LogP contribution in [0.5, 0.6) is 11.5 Å². The third-order valence-corrected chi connectivity index (χ3v) is 8.75. The van der Waals surface area contributed by atoms with Gasteiger partial charge < -0.3 is 14.6 Å². The zero-order valence-corrected chi connectivity index (χ0v) is 23.6. The van der Waals surface area contributed by atoms with E-state index in [1.165, 1.54) is 12.1 Å². The van der Waals surface area contributed by atoms with Crippen LogP contribution in [0.4, 0.5) is 0 Å². The molecule has 37 heavy (non-hydrogen) atoms. The molecule has 0 saturated carbocycles. The Labute approximate surface area is 218 Å². The Morgan fingerprint density at radius 1 is 1.08 bits per heavy atom. The standard InChI is InChI=1S/C27H33N3O5SSi/c1-19(31)22-16-25-24(17-26(22)35-20-9-11-21(12-10-20)36(2,32)33)29-27(23-8-6-7-13-28-23)30(25)18-34-14-15-37(3,4)5/h6-13,16-17,19,31H,14-15,18H2,1-5H3. The predicted molar refractivity (Wildman–Crippen MR) is 147 cm³/mol. The molecule has 4 aromatic rings. The molecule has 0 spiro atoms. The van der Waals surface area contributed by atoms with E-state index in [2.05, 4.69) is 24.6 Å². The molecule has 2 aromatic carbocycles. The number of hydrogen-bond acceptors (Lipinski definition) is 7. The number of benzene rings is 2. The van der Waals surface area contributed by atoms with E-state index < -0.39 is 24.0 Å². The molecule has 196 valence electrons. The summed E-state index contributed by atoms with van der Waals surface area (Å²) >= 11 is 0. The second-order valence-corrected chi connectivity index (χ2v) is 18.0. The summed E-state index contributed by atoms with van der Waals surface area (Å²) in [6, 6.07) is 16.5. The first-order valence-electron chi connectivity index (χ1n) is 12.1. The molecule has 0 aliphatic carbocycles. The van der Waals surface area contributed by atoms with Crippen LogP contribution in [-0.4, -0.2) is 49.0 Å². The first-order chi connectivity index (χ1) is 17.4. The molecule has 0 radical (unpaired) electrons. The van der Waals surface area contributed by atoms with Crippen molar-refractivity contribution in [2.24, 2.45) is 0 Å². The van der Waals surface area contributed by atoms with E-state index in [1.807, 2.05) is 28.8 Å². The van der Waals surface area contributed by atoms with Crippen molar-refractivity contribution in [3.63, 3.8) is 0 Å². The predicted octanol–water partition coefficient (Wildman–Crippen LogP) is 5.66. The summed E-state index contributed by atoms with van der Waals surface area (Å²) in [6.07, 6.45) is 2.07. The van der Waals surface area contributed by atoms with Gasteiger partial charge in [-0.25, -0.2) is 13.4 Å². The molecule has 1 atom stereocenters. The number of imidazole rings is 1. The molecule has 1 N–H and O–H groups in total. The van der Waals surface area contributed by atoms with Gasteiger partial charge in [0.1, 0.15) is 23.9 Å². The van der Waals surface area contributed by atoms with Gasteiger partial charge in [-0.3, -0.25) is 9.55 Å². The highest BCUT2D eigenvalue weighted by molar-refractivity contribution is 7.90. The normalized spacial score (nSPS) is 13.1. The van der Waals surface area contributed by atoms with Gasteiger partial charge in [-0.2, -0.15) is 0 Å². The molecule has 0 amide bonds. The molecular formula is C27H33N3O5SSi. The minimum absolute atomic E-state index is 0.207. The van der Waals surface area contributed by atoms with Crippen molar-refractivity contribution in [2.45, 2.75) is 50.3 Å². The van der Waals surface area contributed by atoms with Crippen molar-refractivity contribution < 1.29 is 23.0 Å². The van der Waals surface area contributed by atoms with Crippen LogP contribution in [0.1, 0.15) is 18.6 Å². The largest absolute Gasteiger partial charge is 0.457 e. The van der Waals surface area contributed by atoms with E-state index in [9.17, 15) is 13.5 Å². The lowest BCUT2D eigenvalue weighted by atomic mass is 10.1. The third-order valence-electron chi connectivity index (χ3n) is 5.92. The van der Waals surface area contributed by atoms with Crippen molar-refractivity contribution in [2.75, 3.05) is 12.9 Å². The lowest BCUT2D eigenvalue weighted by Crippen LogP contribution is -2.22.